The van der Waals surface area contributed by atoms with Crippen LogP contribution in [0.15, 0.2) is 12.4 Å². The molecule has 1 aromatic rings. The Labute approximate surface area is 78.7 Å². The van der Waals surface area contributed by atoms with Crippen LogP contribution >= 0.6 is 0 Å². The average Bonchev–Trinajstić information content (AvgIpc) is 2.84. The predicted octanol–water partition coefficient (Wildman–Crippen LogP) is 1.83. The van der Waals surface area contributed by atoms with E-state index in [9.17, 15) is 0 Å². The van der Waals surface area contributed by atoms with Gasteiger partial charge in [0.25, 0.3) is 0 Å². The van der Waals surface area contributed by atoms with Gasteiger partial charge in [-0.1, -0.05) is 6.92 Å². The number of nitrogens with zero attached hydrogens (tertiary/aromatic N) is 2. The van der Waals surface area contributed by atoms with Gasteiger partial charge in [0.1, 0.15) is 12.6 Å². The van der Waals surface area contributed by atoms with Gasteiger partial charge in [-0.3, -0.25) is 0 Å². The second-order valence-corrected chi connectivity index (χ2v) is 3.61. The molecule has 72 valence electrons. The smallest absolute Gasteiger partial charge is 0.124 e. The van der Waals surface area contributed by atoms with Gasteiger partial charge in [-0.15, -0.1) is 0 Å². The van der Waals surface area contributed by atoms with Crippen molar-refractivity contribution in [3.63, 3.8) is 0 Å². The van der Waals surface area contributed by atoms with Crippen molar-refractivity contribution in [2.24, 2.45) is 5.92 Å². The zero-order valence-corrected chi connectivity index (χ0v) is 8.07. The van der Waals surface area contributed by atoms with E-state index >= 15 is 0 Å². The molecule has 3 heteroatoms. The standard InChI is InChI=1S/C10H16N2O/c1-2-10-11-5-6-12(10)8-13-7-9-3-4-9/h5-6,9H,2-4,7-8H2,1H3. The summed E-state index contributed by atoms with van der Waals surface area (Å²) in [5, 5.41) is 0. The maximum absolute atomic E-state index is 5.57. The minimum atomic E-state index is 0.666. The molecule has 0 aromatic carbocycles. The first-order valence-electron chi connectivity index (χ1n) is 4.98. The van der Waals surface area contributed by atoms with Crippen LogP contribution < -0.4 is 0 Å². The molecule has 0 bridgehead atoms. The van der Waals surface area contributed by atoms with Gasteiger partial charge in [-0.05, 0) is 18.8 Å². The molecule has 0 aliphatic heterocycles. The highest BCUT2D eigenvalue weighted by molar-refractivity contribution is 4.90. The molecule has 1 fully saturated rings. The quantitative estimate of drug-likeness (QED) is 0.691. The van der Waals surface area contributed by atoms with E-state index in [-0.39, 0.29) is 0 Å². The molecule has 0 saturated heterocycles. The van der Waals surface area contributed by atoms with Crippen LogP contribution in [-0.4, -0.2) is 16.2 Å². The van der Waals surface area contributed by atoms with E-state index in [1.165, 1.54) is 12.8 Å². The molecule has 2 rings (SSSR count). The lowest BCUT2D eigenvalue weighted by Gasteiger charge is -2.06. The highest BCUT2D eigenvalue weighted by atomic mass is 16.5. The van der Waals surface area contributed by atoms with Crippen molar-refractivity contribution in [3.8, 4) is 0 Å². The number of hydrogen-bond acceptors (Lipinski definition) is 2. The highest BCUT2D eigenvalue weighted by Crippen LogP contribution is 2.28. The van der Waals surface area contributed by atoms with Crippen molar-refractivity contribution in [1.82, 2.24) is 9.55 Å². The molecule has 0 N–H and O–H groups in total. The SMILES string of the molecule is CCc1nccn1COCC1CC1. The molecule has 13 heavy (non-hydrogen) atoms. The molecule has 3 nitrogen and oxygen atoms in total. The highest BCUT2D eigenvalue weighted by Gasteiger charge is 2.21. The Morgan fingerprint density at radius 1 is 1.62 bits per heavy atom. The Balaban J connectivity index is 1.78. The van der Waals surface area contributed by atoms with E-state index < -0.39 is 0 Å². The van der Waals surface area contributed by atoms with Crippen molar-refractivity contribution in [2.75, 3.05) is 6.61 Å². The third-order valence-corrected chi connectivity index (χ3v) is 2.40. The molecule has 0 unspecified atom stereocenters. The molecule has 1 saturated carbocycles. The van der Waals surface area contributed by atoms with Crippen LogP contribution in [0.4, 0.5) is 0 Å². The molecule has 1 aromatic heterocycles. The van der Waals surface area contributed by atoms with Gasteiger partial charge >= 0.3 is 0 Å². The van der Waals surface area contributed by atoms with Gasteiger partial charge in [0, 0.05) is 18.8 Å². The molecule has 0 spiro atoms. The van der Waals surface area contributed by atoms with E-state index in [4.69, 9.17) is 4.74 Å². The summed E-state index contributed by atoms with van der Waals surface area (Å²) < 4.78 is 7.64. The first-order chi connectivity index (χ1) is 6.40. The van der Waals surface area contributed by atoms with E-state index in [0.717, 1.165) is 24.8 Å². The van der Waals surface area contributed by atoms with Gasteiger partial charge in [-0.25, -0.2) is 4.98 Å². The number of ether oxygens (including phenoxy) is 1. The van der Waals surface area contributed by atoms with Crippen LogP contribution in [-0.2, 0) is 17.9 Å². The van der Waals surface area contributed by atoms with E-state index in [1.807, 2.05) is 12.4 Å². The Bertz CT molecular complexity index is 266. The Morgan fingerprint density at radius 3 is 3.15 bits per heavy atom. The minimum Gasteiger partial charge on any atom is -0.360 e. The lowest BCUT2D eigenvalue weighted by molar-refractivity contribution is 0.0672. The van der Waals surface area contributed by atoms with Crippen LogP contribution in [0.5, 0.6) is 0 Å². The van der Waals surface area contributed by atoms with Crippen LogP contribution in [0, 0.1) is 5.92 Å². The molecule has 1 heterocycles. The summed E-state index contributed by atoms with van der Waals surface area (Å²) in [5.41, 5.74) is 0. The molecular weight excluding hydrogens is 164 g/mol. The fraction of sp³-hybridized carbons (Fsp3) is 0.700. The third kappa shape index (κ3) is 2.31. The second kappa shape index (κ2) is 3.92. The summed E-state index contributed by atoms with van der Waals surface area (Å²) in [4.78, 5) is 4.23. The average molecular weight is 180 g/mol. The number of imidazole rings is 1. The Kier molecular flexibility index (Phi) is 2.64. The number of hydrogen-bond donors (Lipinski definition) is 0. The first kappa shape index (κ1) is 8.75. The lowest BCUT2D eigenvalue weighted by atomic mass is 10.4. The summed E-state index contributed by atoms with van der Waals surface area (Å²) in [6.45, 7) is 3.70. The van der Waals surface area contributed by atoms with Crippen molar-refractivity contribution < 1.29 is 4.74 Å². The predicted molar refractivity (Wildman–Crippen MR) is 50.3 cm³/mol. The summed E-state index contributed by atoms with van der Waals surface area (Å²) in [5.74, 6) is 1.95. The molecule has 0 atom stereocenters. The van der Waals surface area contributed by atoms with Gasteiger partial charge in [0.15, 0.2) is 0 Å². The van der Waals surface area contributed by atoms with Gasteiger partial charge in [0.2, 0.25) is 0 Å². The van der Waals surface area contributed by atoms with E-state index in [1.54, 1.807) is 0 Å². The largest absolute Gasteiger partial charge is 0.360 e. The maximum atomic E-state index is 5.57. The zero-order chi connectivity index (χ0) is 9.10. The number of rotatable bonds is 5. The van der Waals surface area contributed by atoms with Crippen molar-refractivity contribution in [1.29, 1.82) is 0 Å². The lowest BCUT2D eigenvalue weighted by Crippen LogP contribution is -2.07. The van der Waals surface area contributed by atoms with Crippen molar-refractivity contribution in [2.45, 2.75) is 32.9 Å². The zero-order valence-electron chi connectivity index (χ0n) is 8.07. The number of aryl methyl sites for hydroxylation is 1. The second-order valence-electron chi connectivity index (χ2n) is 3.61. The summed E-state index contributed by atoms with van der Waals surface area (Å²) in [7, 11) is 0. The van der Waals surface area contributed by atoms with Gasteiger partial charge in [0.05, 0.1) is 6.61 Å². The fourth-order valence-corrected chi connectivity index (χ4v) is 1.37. The summed E-state index contributed by atoms with van der Waals surface area (Å²) in [6.07, 6.45) is 7.49. The van der Waals surface area contributed by atoms with E-state index in [0.29, 0.717) is 6.73 Å². The molecule has 1 aliphatic rings. The molecular formula is C10H16N2O. The topological polar surface area (TPSA) is 27.1 Å². The summed E-state index contributed by atoms with van der Waals surface area (Å²) >= 11 is 0. The van der Waals surface area contributed by atoms with Crippen molar-refractivity contribution in [3.05, 3.63) is 18.2 Å². The first-order valence-corrected chi connectivity index (χ1v) is 4.98. The molecule has 1 aliphatic carbocycles. The van der Waals surface area contributed by atoms with Gasteiger partial charge in [-0.2, -0.15) is 0 Å². The number of aromatic nitrogens is 2. The van der Waals surface area contributed by atoms with Gasteiger partial charge < -0.3 is 9.30 Å². The molecule has 0 radical (unpaired) electrons. The van der Waals surface area contributed by atoms with Crippen LogP contribution in [0.1, 0.15) is 25.6 Å². The molecule has 0 amide bonds. The normalized spacial score (nSPS) is 16.4. The summed E-state index contributed by atoms with van der Waals surface area (Å²) in [6, 6.07) is 0. The van der Waals surface area contributed by atoms with Crippen molar-refractivity contribution >= 4 is 0 Å². The van der Waals surface area contributed by atoms with Crippen LogP contribution in [0.3, 0.4) is 0 Å². The monoisotopic (exact) mass is 180 g/mol. The van der Waals surface area contributed by atoms with E-state index in [2.05, 4.69) is 16.5 Å². The van der Waals surface area contributed by atoms with Crippen LogP contribution in [0.25, 0.3) is 0 Å². The maximum Gasteiger partial charge on any atom is 0.124 e. The Morgan fingerprint density at radius 2 is 2.46 bits per heavy atom. The third-order valence-electron chi connectivity index (χ3n) is 2.40. The van der Waals surface area contributed by atoms with Crippen LogP contribution in [0.2, 0.25) is 0 Å². The Hall–Kier alpha value is -0.830. The fourth-order valence-electron chi connectivity index (χ4n) is 1.37. The minimum absolute atomic E-state index is 0.666.